The van der Waals surface area contributed by atoms with Gasteiger partial charge < -0.3 is 15.7 Å². The lowest BCUT2D eigenvalue weighted by molar-refractivity contribution is -0.384. The SMILES string of the molecule is Cc1ccc([N+](=O)[O-])cc1NC(=O)NCC1(O)CCC1. The van der Waals surface area contributed by atoms with Gasteiger partial charge in [-0.1, -0.05) is 6.07 Å². The van der Waals surface area contributed by atoms with E-state index in [9.17, 15) is 20.0 Å². The first kappa shape index (κ1) is 14.3. The first-order valence-corrected chi connectivity index (χ1v) is 6.42. The highest BCUT2D eigenvalue weighted by Gasteiger charge is 2.34. The number of amides is 2. The number of nitrogens with zero attached hydrogens (tertiary/aromatic N) is 1. The van der Waals surface area contributed by atoms with Crippen LogP contribution in [0.25, 0.3) is 0 Å². The standard InChI is InChI=1S/C13H17N3O4/c1-9-3-4-10(16(19)20)7-11(9)15-12(17)14-8-13(18)5-2-6-13/h3-4,7,18H,2,5-6,8H2,1H3,(H2,14,15,17). The van der Waals surface area contributed by atoms with Gasteiger partial charge in [-0.25, -0.2) is 4.79 Å². The first-order valence-electron chi connectivity index (χ1n) is 6.42. The maximum Gasteiger partial charge on any atom is 0.319 e. The van der Waals surface area contributed by atoms with Crippen LogP contribution in [-0.2, 0) is 0 Å². The molecule has 20 heavy (non-hydrogen) atoms. The zero-order valence-electron chi connectivity index (χ0n) is 11.2. The van der Waals surface area contributed by atoms with Crippen LogP contribution >= 0.6 is 0 Å². The van der Waals surface area contributed by atoms with Crippen molar-refractivity contribution in [3.05, 3.63) is 33.9 Å². The fourth-order valence-electron chi connectivity index (χ4n) is 2.03. The fourth-order valence-corrected chi connectivity index (χ4v) is 2.03. The fraction of sp³-hybridized carbons (Fsp3) is 0.462. The van der Waals surface area contributed by atoms with Gasteiger partial charge in [-0.3, -0.25) is 10.1 Å². The van der Waals surface area contributed by atoms with E-state index in [0.29, 0.717) is 18.5 Å². The predicted octanol–water partition coefficient (Wildman–Crippen LogP) is 1.94. The molecule has 2 rings (SSSR count). The van der Waals surface area contributed by atoms with Crippen LogP contribution in [0.3, 0.4) is 0 Å². The normalized spacial score (nSPS) is 16.1. The second kappa shape index (κ2) is 5.46. The van der Waals surface area contributed by atoms with Crippen LogP contribution in [-0.4, -0.2) is 28.2 Å². The molecule has 0 aliphatic heterocycles. The van der Waals surface area contributed by atoms with Gasteiger partial charge in [-0.2, -0.15) is 0 Å². The topological polar surface area (TPSA) is 105 Å². The van der Waals surface area contributed by atoms with Crippen molar-refractivity contribution >= 4 is 17.4 Å². The van der Waals surface area contributed by atoms with E-state index in [0.717, 1.165) is 12.0 Å². The van der Waals surface area contributed by atoms with Crippen molar-refractivity contribution in [1.82, 2.24) is 5.32 Å². The Balaban J connectivity index is 1.96. The minimum absolute atomic E-state index is 0.0801. The molecule has 3 N–H and O–H groups in total. The number of hydrogen-bond donors (Lipinski definition) is 3. The number of benzene rings is 1. The van der Waals surface area contributed by atoms with Crippen molar-refractivity contribution in [2.45, 2.75) is 31.8 Å². The van der Waals surface area contributed by atoms with Gasteiger partial charge >= 0.3 is 6.03 Å². The zero-order chi connectivity index (χ0) is 14.8. The monoisotopic (exact) mass is 279 g/mol. The summed E-state index contributed by atoms with van der Waals surface area (Å²) < 4.78 is 0. The molecule has 1 aliphatic rings. The number of nitrogens with one attached hydrogen (secondary N) is 2. The minimum Gasteiger partial charge on any atom is -0.388 e. The summed E-state index contributed by atoms with van der Waals surface area (Å²) in [6, 6.07) is 3.80. The van der Waals surface area contributed by atoms with Crippen LogP contribution in [0.15, 0.2) is 18.2 Å². The quantitative estimate of drug-likeness (QED) is 0.578. The summed E-state index contributed by atoms with van der Waals surface area (Å²) in [5, 5.41) is 25.7. The molecular formula is C13H17N3O4. The highest BCUT2D eigenvalue weighted by Crippen LogP contribution is 2.30. The van der Waals surface area contributed by atoms with E-state index in [1.165, 1.54) is 12.1 Å². The summed E-state index contributed by atoms with van der Waals surface area (Å²) in [6.07, 6.45) is 2.33. The third kappa shape index (κ3) is 3.24. The molecule has 1 aliphatic carbocycles. The molecule has 7 heteroatoms. The Morgan fingerprint density at radius 1 is 1.50 bits per heavy atom. The Morgan fingerprint density at radius 2 is 2.20 bits per heavy atom. The van der Waals surface area contributed by atoms with Crippen molar-refractivity contribution < 1.29 is 14.8 Å². The van der Waals surface area contributed by atoms with Crippen LogP contribution in [0, 0.1) is 17.0 Å². The molecule has 0 saturated heterocycles. The molecule has 1 fully saturated rings. The van der Waals surface area contributed by atoms with Crippen molar-refractivity contribution in [1.29, 1.82) is 0 Å². The molecule has 0 bridgehead atoms. The highest BCUT2D eigenvalue weighted by atomic mass is 16.6. The Hall–Kier alpha value is -2.15. The number of aliphatic hydroxyl groups is 1. The molecule has 7 nitrogen and oxygen atoms in total. The molecule has 1 aromatic rings. The van der Waals surface area contributed by atoms with Crippen LogP contribution in [0.2, 0.25) is 0 Å². The Kier molecular flexibility index (Phi) is 3.89. The summed E-state index contributed by atoms with van der Waals surface area (Å²) in [6.45, 7) is 1.94. The number of aryl methyl sites for hydroxylation is 1. The van der Waals surface area contributed by atoms with Gasteiger partial charge in [0, 0.05) is 18.7 Å². The average Bonchev–Trinajstić information content (AvgIpc) is 2.36. The van der Waals surface area contributed by atoms with Gasteiger partial charge in [0.2, 0.25) is 0 Å². The Bertz CT molecular complexity index is 540. The largest absolute Gasteiger partial charge is 0.388 e. The van der Waals surface area contributed by atoms with Crippen molar-refractivity contribution in [2.75, 3.05) is 11.9 Å². The predicted molar refractivity (Wildman–Crippen MR) is 73.7 cm³/mol. The number of carbonyl (C=O) groups excluding carboxylic acids is 1. The number of nitro benzene ring substituents is 1. The number of anilines is 1. The molecular weight excluding hydrogens is 262 g/mol. The lowest BCUT2D eigenvalue weighted by atomic mass is 9.80. The third-order valence-electron chi connectivity index (χ3n) is 3.54. The number of hydrogen-bond acceptors (Lipinski definition) is 4. The smallest absolute Gasteiger partial charge is 0.319 e. The van der Waals surface area contributed by atoms with Crippen molar-refractivity contribution in [3.63, 3.8) is 0 Å². The maximum absolute atomic E-state index is 11.7. The van der Waals surface area contributed by atoms with Gasteiger partial charge in [0.15, 0.2) is 0 Å². The van der Waals surface area contributed by atoms with Crippen LogP contribution in [0.4, 0.5) is 16.2 Å². The maximum atomic E-state index is 11.7. The molecule has 0 spiro atoms. The summed E-state index contributed by atoms with van der Waals surface area (Å²) in [4.78, 5) is 21.9. The van der Waals surface area contributed by atoms with E-state index in [-0.39, 0.29) is 12.2 Å². The van der Waals surface area contributed by atoms with E-state index < -0.39 is 16.6 Å². The molecule has 1 aromatic carbocycles. The molecule has 0 heterocycles. The molecule has 0 atom stereocenters. The number of urea groups is 1. The molecule has 108 valence electrons. The summed E-state index contributed by atoms with van der Waals surface area (Å²) in [5.41, 5.74) is 0.239. The van der Waals surface area contributed by atoms with Gasteiger partial charge in [0.05, 0.1) is 16.2 Å². The Labute approximate surface area is 116 Å². The van der Waals surface area contributed by atoms with Gasteiger partial charge in [-0.15, -0.1) is 0 Å². The molecule has 0 unspecified atom stereocenters. The molecule has 0 aromatic heterocycles. The third-order valence-corrected chi connectivity index (χ3v) is 3.54. The minimum atomic E-state index is -0.797. The van der Waals surface area contributed by atoms with Gasteiger partial charge in [0.1, 0.15) is 0 Å². The van der Waals surface area contributed by atoms with E-state index in [2.05, 4.69) is 10.6 Å². The summed E-state index contributed by atoms with van der Waals surface area (Å²) in [7, 11) is 0. The Morgan fingerprint density at radius 3 is 2.75 bits per heavy atom. The number of rotatable bonds is 4. The van der Waals surface area contributed by atoms with Gasteiger partial charge in [-0.05, 0) is 31.7 Å². The van der Waals surface area contributed by atoms with Gasteiger partial charge in [0.25, 0.3) is 5.69 Å². The van der Waals surface area contributed by atoms with Crippen LogP contribution in [0.5, 0.6) is 0 Å². The summed E-state index contributed by atoms with van der Waals surface area (Å²) >= 11 is 0. The first-order chi connectivity index (χ1) is 9.39. The van der Waals surface area contributed by atoms with E-state index in [1.54, 1.807) is 13.0 Å². The second-order valence-corrected chi connectivity index (χ2v) is 5.14. The van der Waals surface area contributed by atoms with E-state index in [4.69, 9.17) is 0 Å². The highest BCUT2D eigenvalue weighted by molar-refractivity contribution is 5.90. The lowest BCUT2D eigenvalue weighted by Gasteiger charge is -2.36. The number of nitro groups is 1. The number of carbonyl (C=O) groups is 1. The molecule has 1 saturated carbocycles. The average molecular weight is 279 g/mol. The van der Waals surface area contributed by atoms with Crippen molar-refractivity contribution in [3.8, 4) is 0 Å². The zero-order valence-corrected chi connectivity index (χ0v) is 11.2. The van der Waals surface area contributed by atoms with Crippen LogP contribution in [0.1, 0.15) is 24.8 Å². The molecule has 2 amide bonds. The van der Waals surface area contributed by atoms with Crippen molar-refractivity contribution in [2.24, 2.45) is 0 Å². The summed E-state index contributed by atoms with van der Waals surface area (Å²) in [5.74, 6) is 0. The van der Waals surface area contributed by atoms with Crippen LogP contribution < -0.4 is 10.6 Å². The van der Waals surface area contributed by atoms with E-state index in [1.807, 2.05) is 0 Å². The molecule has 0 radical (unpaired) electrons. The van der Waals surface area contributed by atoms with E-state index >= 15 is 0 Å². The lowest BCUT2D eigenvalue weighted by Crippen LogP contribution is -2.48. The number of non-ortho nitro benzene ring substituents is 1. The second-order valence-electron chi connectivity index (χ2n) is 5.14.